The summed E-state index contributed by atoms with van der Waals surface area (Å²) in [7, 11) is 3.70. The van der Waals surface area contributed by atoms with Crippen molar-refractivity contribution in [2.45, 2.75) is 69.1 Å². The molecule has 10 heteroatoms. The number of rotatable bonds is 17. The van der Waals surface area contributed by atoms with Crippen LogP contribution in [0.25, 0.3) is 11.1 Å². The largest absolute Gasteiger partial charge is 0.370 e. The summed E-state index contributed by atoms with van der Waals surface area (Å²) in [5.41, 5.74) is 3.66. The maximum Gasteiger partial charge on any atom is 0.250 e. The van der Waals surface area contributed by atoms with Gasteiger partial charge in [-0.25, -0.2) is 4.39 Å². The van der Waals surface area contributed by atoms with Gasteiger partial charge in [-0.15, -0.1) is 0 Å². The summed E-state index contributed by atoms with van der Waals surface area (Å²) >= 11 is 0. The van der Waals surface area contributed by atoms with E-state index in [0.717, 1.165) is 61.9 Å². The van der Waals surface area contributed by atoms with Gasteiger partial charge in [0.05, 0.1) is 6.61 Å². The zero-order valence-electron chi connectivity index (χ0n) is 29.9. The molecule has 2 saturated heterocycles. The minimum atomic E-state index is -0.974. The van der Waals surface area contributed by atoms with E-state index in [1.807, 2.05) is 54.6 Å². The van der Waals surface area contributed by atoms with Gasteiger partial charge in [0.2, 0.25) is 17.7 Å². The quantitative estimate of drug-likeness (QED) is 0.210. The highest BCUT2D eigenvalue weighted by atomic mass is 19.1. The van der Waals surface area contributed by atoms with Crippen LogP contribution in [0.2, 0.25) is 0 Å². The molecule has 2 fully saturated rings. The van der Waals surface area contributed by atoms with Crippen LogP contribution in [-0.2, 0) is 32.0 Å². The molecule has 51 heavy (non-hydrogen) atoms. The molecule has 4 atom stereocenters. The number of nitrogens with one attached hydrogen (secondary N) is 2. The van der Waals surface area contributed by atoms with Crippen LogP contribution in [0.15, 0.2) is 91.6 Å². The smallest absolute Gasteiger partial charge is 0.250 e. The van der Waals surface area contributed by atoms with Crippen molar-refractivity contribution < 1.29 is 23.5 Å². The molecule has 2 aliphatic rings. The number of likely N-dealkylation sites (N-methyl/N-ethyl adjacent to an activating group) is 1. The summed E-state index contributed by atoms with van der Waals surface area (Å²) in [4.78, 5) is 47.3. The predicted octanol–water partition coefficient (Wildman–Crippen LogP) is 4.81. The van der Waals surface area contributed by atoms with Gasteiger partial charge in [-0.1, -0.05) is 73.3 Å². The van der Waals surface area contributed by atoms with Crippen molar-refractivity contribution in [3.63, 3.8) is 0 Å². The molecule has 1 unspecified atom stereocenters. The van der Waals surface area contributed by atoms with Gasteiger partial charge in [0.25, 0.3) is 0 Å². The number of halogens is 1. The molecule has 0 radical (unpaired) electrons. The third kappa shape index (κ3) is 10.6. The Morgan fingerprint density at radius 1 is 0.961 bits per heavy atom. The fourth-order valence-electron chi connectivity index (χ4n) is 7.07. The van der Waals surface area contributed by atoms with E-state index in [2.05, 4.69) is 29.2 Å². The molecule has 0 saturated carbocycles. The lowest BCUT2D eigenvalue weighted by Crippen LogP contribution is -2.56. The zero-order chi connectivity index (χ0) is 36.2. The second kappa shape index (κ2) is 18.7. The van der Waals surface area contributed by atoms with Gasteiger partial charge in [-0.2, -0.15) is 0 Å². The molecule has 0 aromatic heterocycles. The lowest BCUT2D eigenvalue weighted by atomic mass is 9.98. The summed E-state index contributed by atoms with van der Waals surface area (Å²) in [6.07, 6.45) is 6.79. The minimum Gasteiger partial charge on any atom is -0.370 e. The Morgan fingerprint density at radius 3 is 2.25 bits per heavy atom. The van der Waals surface area contributed by atoms with Crippen molar-refractivity contribution >= 4 is 17.7 Å². The van der Waals surface area contributed by atoms with E-state index >= 15 is 0 Å². The molecule has 2 heterocycles. The van der Waals surface area contributed by atoms with Gasteiger partial charge >= 0.3 is 0 Å². The van der Waals surface area contributed by atoms with Crippen LogP contribution in [0, 0.1) is 5.82 Å². The maximum absolute atomic E-state index is 14.7. The normalized spacial score (nSPS) is 18.6. The molecular formula is C41H52FN5O4. The highest BCUT2D eigenvalue weighted by Crippen LogP contribution is 2.23. The first-order chi connectivity index (χ1) is 24.7. The van der Waals surface area contributed by atoms with E-state index in [1.54, 1.807) is 19.2 Å². The molecule has 2 N–H and O–H groups in total. The molecule has 3 amide bonds. The SMILES string of the molecule is C=CN(C(=O)[C@@H](Cc1ccc(-c2ccccc2)cc1)N(C)C(=O)COC[C@H]1CCCN1)[C@H](Cc1ccc(F)cc1)C(=O)NCCC1CCCN1C. The summed E-state index contributed by atoms with van der Waals surface area (Å²) in [6, 6.07) is 22.5. The summed E-state index contributed by atoms with van der Waals surface area (Å²) in [5.74, 6) is -1.50. The average molecular weight is 698 g/mol. The lowest BCUT2D eigenvalue weighted by Gasteiger charge is -2.35. The number of hydrogen-bond donors (Lipinski definition) is 2. The van der Waals surface area contributed by atoms with Crippen LogP contribution in [0.1, 0.15) is 43.2 Å². The Balaban J connectivity index is 1.38. The summed E-state index contributed by atoms with van der Waals surface area (Å²) < 4.78 is 19.6. The monoisotopic (exact) mass is 697 g/mol. The topological polar surface area (TPSA) is 94.2 Å². The van der Waals surface area contributed by atoms with E-state index in [9.17, 15) is 18.8 Å². The Kier molecular flexibility index (Phi) is 13.9. The highest BCUT2D eigenvalue weighted by Gasteiger charge is 2.36. The van der Waals surface area contributed by atoms with Crippen LogP contribution in [0.4, 0.5) is 4.39 Å². The molecule has 0 aliphatic carbocycles. The second-order valence-electron chi connectivity index (χ2n) is 13.7. The van der Waals surface area contributed by atoms with Crippen LogP contribution in [-0.4, -0.2) is 104 Å². The predicted molar refractivity (Wildman–Crippen MR) is 198 cm³/mol. The summed E-state index contributed by atoms with van der Waals surface area (Å²) in [5, 5.41) is 6.43. The number of nitrogens with zero attached hydrogens (tertiary/aromatic N) is 3. The van der Waals surface area contributed by atoms with Gasteiger partial charge in [0.1, 0.15) is 24.5 Å². The third-order valence-corrected chi connectivity index (χ3v) is 10.2. The van der Waals surface area contributed by atoms with Crippen LogP contribution >= 0.6 is 0 Å². The number of carbonyl (C=O) groups excluding carboxylic acids is 3. The molecule has 272 valence electrons. The molecule has 0 bridgehead atoms. The van der Waals surface area contributed by atoms with Gasteiger partial charge in [0.15, 0.2) is 0 Å². The Morgan fingerprint density at radius 2 is 1.63 bits per heavy atom. The summed E-state index contributed by atoms with van der Waals surface area (Å²) in [6.45, 7) is 6.61. The first kappa shape index (κ1) is 37.9. The molecule has 3 aromatic carbocycles. The fourth-order valence-corrected chi connectivity index (χ4v) is 7.07. The van der Waals surface area contributed by atoms with Crippen molar-refractivity contribution in [3.05, 3.63) is 109 Å². The Bertz CT molecular complexity index is 1580. The molecule has 3 aromatic rings. The van der Waals surface area contributed by atoms with Crippen LogP contribution < -0.4 is 10.6 Å². The average Bonchev–Trinajstić information content (AvgIpc) is 3.83. The number of benzene rings is 3. The molecular weight excluding hydrogens is 645 g/mol. The van der Waals surface area contributed by atoms with Gasteiger partial charge in [-0.05, 0) is 86.6 Å². The Hall–Kier alpha value is -4.38. The minimum absolute atomic E-state index is 0.140. The molecule has 2 aliphatic heterocycles. The number of ether oxygens (including phenoxy) is 1. The van der Waals surface area contributed by atoms with Crippen molar-refractivity contribution in [1.82, 2.24) is 25.3 Å². The van der Waals surface area contributed by atoms with E-state index in [4.69, 9.17) is 4.74 Å². The molecule has 9 nitrogen and oxygen atoms in total. The van der Waals surface area contributed by atoms with Gasteiger partial charge in [0, 0.05) is 44.7 Å². The van der Waals surface area contributed by atoms with Gasteiger partial charge in [-0.3, -0.25) is 14.4 Å². The second-order valence-corrected chi connectivity index (χ2v) is 13.7. The van der Waals surface area contributed by atoms with Crippen molar-refractivity contribution in [2.24, 2.45) is 0 Å². The lowest BCUT2D eigenvalue weighted by molar-refractivity contribution is -0.148. The molecule has 5 rings (SSSR count). The fraction of sp³-hybridized carbons (Fsp3) is 0.439. The number of hydrogen-bond acceptors (Lipinski definition) is 6. The van der Waals surface area contributed by atoms with E-state index in [-0.39, 0.29) is 43.1 Å². The van der Waals surface area contributed by atoms with Crippen LogP contribution in [0.5, 0.6) is 0 Å². The first-order valence-corrected chi connectivity index (χ1v) is 18.1. The molecule has 0 spiro atoms. The third-order valence-electron chi connectivity index (χ3n) is 10.2. The Labute approximate surface area is 301 Å². The van der Waals surface area contributed by atoms with Gasteiger partial charge < -0.3 is 30.1 Å². The number of amides is 3. The standard InChI is InChI=1S/C41H52FN5O4/c1-4-47(37(26-31-16-20-34(42)21-17-31)40(49)44-24-22-36-13-9-25-45(36)2)41(50)38(46(3)39(48)29-51-28-35-12-8-23-43-35)27-30-14-18-33(19-15-30)32-10-6-5-7-11-32/h4-7,10-11,14-21,35-38,43H,1,8-9,12-13,22-29H2,2-3H3,(H,44,49)/t35-,36?,37-,38-/m1/s1. The maximum atomic E-state index is 14.7. The van der Waals surface area contributed by atoms with Crippen molar-refractivity contribution in [1.29, 1.82) is 0 Å². The number of likely N-dealkylation sites (tertiary alicyclic amines) is 1. The van der Waals surface area contributed by atoms with E-state index in [1.165, 1.54) is 28.1 Å². The van der Waals surface area contributed by atoms with Crippen molar-refractivity contribution in [2.75, 3.05) is 46.9 Å². The highest BCUT2D eigenvalue weighted by molar-refractivity contribution is 5.93. The van der Waals surface area contributed by atoms with Crippen molar-refractivity contribution in [3.8, 4) is 11.1 Å². The zero-order valence-corrected chi connectivity index (χ0v) is 29.9. The first-order valence-electron chi connectivity index (χ1n) is 18.1. The van der Waals surface area contributed by atoms with E-state index < -0.39 is 18.0 Å². The van der Waals surface area contributed by atoms with E-state index in [0.29, 0.717) is 24.8 Å². The van der Waals surface area contributed by atoms with Crippen LogP contribution in [0.3, 0.4) is 0 Å². The number of carbonyl (C=O) groups is 3.